The number of hydrogen-bond acceptors (Lipinski definition) is 5. The number of para-hydroxylation sites is 1. The summed E-state index contributed by atoms with van der Waals surface area (Å²) in [5, 5.41) is 0.934. The zero-order valence-electron chi connectivity index (χ0n) is 14.7. The molecule has 1 fully saturated rings. The van der Waals surface area contributed by atoms with Gasteiger partial charge in [0.1, 0.15) is 5.56 Å². The molecular formula is C19H23N3O3. The van der Waals surface area contributed by atoms with Crippen molar-refractivity contribution in [2.75, 3.05) is 37.7 Å². The minimum atomic E-state index is -0.359. The number of piperazine rings is 1. The fraction of sp³-hybridized carbons (Fsp3) is 0.421. The van der Waals surface area contributed by atoms with Gasteiger partial charge in [0.15, 0.2) is 0 Å². The third-order valence-corrected chi connectivity index (χ3v) is 4.49. The highest BCUT2D eigenvalue weighted by Crippen LogP contribution is 2.31. The molecule has 6 nitrogen and oxygen atoms in total. The SMILES string of the molecule is CCOC(=O)c1cnc2ccccc2c1N1CCN(C(=O)CC)CC1. The molecule has 0 N–H and O–H groups in total. The van der Waals surface area contributed by atoms with Gasteiger partial charge in [-0.05, 0) is 13.0 Å². The van der Waals surface area contributed by atoms with E-state index in [1.807, 2.05) is 36.1 Å². The number of aromatic nitrogens is 1. The molecule has 1 aromatic carbocycles. The molecule has 25 heavy (non-hydrogen) atoms. The molecule has 1 aliphatic rings. The average Bonchev–Trinajstić information content (AvgIpc) is 2.66. The maximum atomic E-state index is 12.4. The van der Waals surface area contributed by atoms with E-state index in [2.05, 4.69) is 9.88 Å². The third kappa shape index (κ3) is 3.43. The van der Waals surface area contributed by atoms with Crippen LogP contribution in [0.1, 0.15) is 30.6 Å². The zero-order valence-corrected chi connectivity index (χ0v) is 14.7. The number of ether oxygens (including phenoxy) is 1. The summed E-state index contributed by atoms with van der Waals surface area (Å²) in [7, 11) is 0. The van der Waals surface area contributed by atoms with Crippen molar-refractivity contribution in [3.63, 3.8) is 0 Å². The molecule has 0 saturated carbocycles. The highest BCUT2D eigenvalue weighted by molar-refractivity contribution is 6.05. The Kier molecular flexibility index (Phi) is 5.16. The Labute approximate surface area is 147 Å². The summed E-state index contributed by atoms with van der Waals surface area (Å²) in [5.74, 6) is -0.187. The molecule has 0 unspecified atom stereocenters. The molecule has 2 heterocycles. The van der Waals surface area contributed by atoms with Crippen LogP contribution >= 0.6 is 0 Å². The van der Waals surface area contributed by atoms with E-state index in [1.54, 1.807) is 13.1 Å². The number of amides is 1. The molecule has 2 aromatic rings. The Morgan fingerprint density at radius 2 is 1.84 bits per heavy atom. The van der Waals surface area contributed by atoms with Crippen molar-refractivity contribution in [1.82, 2.24) is 9.88 Å². The number of hydrogen-bond donors (Lipinski definition) is 0. The van der Waals surface area contributed by atoms with Crippen LogP contribution in [0, 0.1) is 0 Å². The van der Waals surface area contributed by atoms with Crippen LogP contribution in [-0.2, 0) is 9.53 Å². The molecule has 1 saturated heterocycles. The summed E-state index contributed by atoms with van der Waals surface area (Å²) < 4.78 is 5.21. The van der Waals surface area contributed by atoms with Crippen LogP contribution < -0.4 is 4.90 Å². The Morgan fingerprint density at radius 3 is 2.52 bits per heavy atom. The van der Waals surface area contributed by atoms with Crippen molar-refractivity contribution in [2.24, 2.45) is 0 Å². The molecule has 1 aliphatic heterocycles. The number of fused-ring (bicyclic) bond motifs is 1. The van der Waals surface area contributed by atoms with Crippen molar-refractivity contribution < 1.29 is 14.3 Å². The van der Waals surface area contributed by atoms with Crippen molar-refractivity contribution >= 4 is 28.5 Å². The third-order valence-electron chi connectivity index (χ3n) is 4.49. The van der Waals surface area contributed by atoms with Crippen molar-refractivity contribution in [1.29, 1.82) is 0 Å². The lowest BCUT2D eigenvalue weighted by atomic mass is 10.1. The molecule has 3 rings (SSSR count). The molecule has 6 heteroatoms. The van der Waals surface area contributed by atoms with Crippen LogP contribution in [0.2, 0.25) is 0 Å². The van der Waals surface area contributed by atoms with Gasteiger partial charge in [-0.2, -0.15) is 0 Å². The van der Waals surface area contributed by atoms with Gasteiger partial charge in [-0.1, -0.05) is 25.1 Å². The first-order chi connectivity index (χ1) is 12.2. The first kappa shape index (κ1) is 17.2. The van der Waals surface area contributed by atoms with Gasteiger partial charge in [0.25, 0.3) is 0 Å². The molecule has 0 spiro atoms. The highest BCUT2D eigenvalue weighted by Gasteiger charge is 2.26. The molecule has 0 atom stereocenters. The van der Waals surface area contributed by atoms with Gasteiger partial charge in [-0.3, -0.25) is 9.78 Å². The quantitative estimate of drug-likeness (QED) is 0.800. The van der Waals surface area contributed by atoms with Gasteiger partial charge < -0.3 is 14.5 Å². The van der Waals surface area contributed by atoms with Crippen LogP contribution in [0.25, 0.3) is 10.9 Å². The lowest BCUT2D eigenvalue weighted by Gasteiger charge is -2.37. The number of anilines is 1. The van der Waals surface area contributed by atoms with Crippen LogP contribution in [0.4, 0.5) is 5.69 Å². The van der Waals surface area contributed by atoms with Gasteiger partial charge in [-0.15, -0.1) is 0 Å². The molecule has 1 aromatic heterocycles. The number of pyridine rings is 1. The van der Waals surface area contributed by atoms with E-state index in [9.17, 15) is 9.59 Å². The van der Waals surface area contributed by atoms with E-state index in [0.717, 1.165) is 16.6 Å². The first-order valence-electron chi connectivity index (χ1n) is 8.73. The average molecular weight is 341 g/mol. The Morgan fingerprint density at radius 1 is 1.12 bits per heavy atom. The van der Waals surface area contributed by atoms with Gasteiger partial charge in [0.2, 0.25) is 5.91 Å². The fourth-order valence-electron chi connectivity index (χ4n) is 3.23. The molecule has 0 radical (unpaired) electrons. The molecule has 132 valence electrons. The second-order valence-electron chi connectivity index (χ2n) is 5.98. The standard InChI is InChI=1S/C19H23N3O3/c1-3-17(23)21-9-11-22(12-10-21)18-14-7-5-6-8-16(14)20-13-15(18)19(24)25-4-2/h5-8,13H,3-4,9-12H2,1-2H3. The number of carbonyl (C=O) groups excluding carboxylic acids is 2. The maximum Gasteiger partial charge on any atom is 0.341 e. The van der Waals surface area contributed by atoms with Gasteiger partial charge in [-0.25, -0.2) is 4.79 Å². The summed E-state index contributed by atoms with van der Waals surface area (Å²) >= 11 is 0. The number of nitrogens with zero attached hydrogens (tertiary/aromatic N) is 3. The van der Waals surface area contributed by atoms with Crippen LogP contribution in [0.3, 0.4) is 0 Å². The van der Waals surface area contributed by atoms with E-state index >= 15 is 0 Å². The minimum absolute atomic E-state index is 0.171. The number of carbonyl (C=O) groups is 2. The topological polar surface area (TPSA) is 62.7 Å². The molecule has 0 aliphatic carbocycles. The predicted molar refractivity (Wildman–Crippen MR) is 96.8 cm³/mol. The van der Waals surface area contributed by atoms with Gasteiger partial charge in [0, 0.05) is 44.2 Å². The smallest absolute Gasteiger partial charge is 0.341 e. The van der Waals surface area contributed by atoms with E-state index in [0.29, 0.717) is 44.8 Å². The molecule has 0 bridgehead atoms. The van der Waals surface area contributed by atoms with E-state index in [1.165, 1.54) is 0 Å². The van der Waals surface area contributed by atoms with E-state index in [-0.39, 0.29) is 11.9 Å². The van der Waals surface area contributed by atoms with Crippen molar-refractivity contribution in [3.05, 3.63) is 36.0 Å². The Bertz CT molecular complexity index is 783. The zero-order chi connectivity index (χ0) is 17.8. The number of esters is 1. The summed E-state index contributed by atoms with van der Waals surface area (Å²) in [5.41, 5.74) is 2.18. The van der Waals surface area contributed by atoms with Gasteiger partial charge in [0.05, 0.1) is 17.8 Å². The second kappa shape index (κ2) is 7.51. The Balaban J connectivity index is 1.97. The summed E-state index contributed by atoms with van der Waals surface area (Å²) in [6, 6.07) is 7.79. The highest BCUT2D eigenvalue weighted by atomic mass is 16.5. The minimum Gasteiger partial charge on any atom is -0.462 e. The maximum absolute atomic E-state index is 12.4. The van der Waals surface area contributed by atoms with Crippen LogP contribution in [0.5, 0.6) is 0 Å². The lowest BCUT2D eigenvalue weighted by molar-refractivity contribution is -0.131. The lowest BCUT2D eigenvalue weighted by Crippen LogP contribution is -2.49. The summed E-state index contributed by atoms with van der Waals surface area (Å²) in [6.45, 7) is 6.69. The van der Waals surface area contributed by atoms with Crippen LogP contribution in [0.15, 0.2) is 30.5 Å². The van der Waals surface area contributed by atoms with Crippen molar-refractivity contribution in [3.8, 4) is 0 Å². The van der Waals surface area contributed by atoms with Crippen molar-refractivity contribution in [2.45, 2.75) is 20.3 Å². The molecule has 1 amide bonds. The summed E-state index contributed by atoms with van der Waals surface area (Å²) in [6.07, 6.45) is 2.12. The summed E-state index contributed by atoms with van der Waals surface area (Å²) in [4.78, 5) is 32.8. The molecular weight excluding hydrogens is 318 g/mol. The predicted octanol–water partition coefficient (Wildman–Crippen LogP) is 2.47. The fourth-order valence-corrected chi connectivity index (χ4v) is 3.23. The number of rotatable bonds is 4. The monoisotopic (exact) mass is 341 g/mol. The van der Waals surface area contributed by atoms with E-state index < -0.39 is 0 Å². The second-order valence-corrected chi connectivity index (χ2v) is 5.98. The Hall–Kier alpha value is -2.63. The van der Waals surface area contributed by atoms with Crippen LogP contribution in [-0.4, -0.2) is 54.5 Å². The normalized spacial score (nSPS) is 14.6. The first-order valence-corrected chi connectivity index (χ1v) is 8.73. The van der Waals surface area contributed by atoms with E-state index in [4.69, 9.17) is 4.74 Å². The largest absolute Gasteiger partial charge is 0.462 e. The van der Waals surface area contributed by atoms with Gasteiger partial charge >= 0.3 is 5.97 Å². The number of benzene rings is 1.